The summed E-state index contributed by atoms with van der Waals surface area (Å²) in [5.41, 5.74) is 7.52. The van der Waals surface area contributed by atoms with E-state index in [2.05, 4.69) is 15.6 Å². The van der Waals surface area contributed by atoms with E-state index in [9.17, 15) is 4.79 Å². The third kappa shape index (κ3) is 3.00. The van der Waals surface area contributed by atoms with Crippen LogP contribution in [0.15, 0.2) is 24.3 Å². The molecule has 6 nitrogen and oxygen atoms in total. The van der Waals surface area contributed by atoms with Crippen molar-refractivity contribution in [2.45, 2.75) is 0 Å². The fourth-order valence-electron chi connectivity index (χ4n) is 1.63. The molecule has 0 saturated carbocycles. The van der Waals surface area contributed by atoms with Crippen LogP contribution < -0.4 is 21.3 Å². The van der Waals surface area contributed by atoms with Gasteiger partial charge < -0.3 is 21.3 Å². The van der Waals surface area contributed by atoms with E-state index in [0.717, 1.165) is 11.4 Å². The average Bonchev–Trinajstić information content (AvgIpc) is 2.80. The number of nitrogen functional groups attached to an aromatic ring is 1. The van der Waals surface area contributed by atoms with Crippen molar-refractivity contribution in [1.82, 2.24) is 4.98 Å². The van der Waals surface area contributed by atoms with Crippen molar-refractivity contribution in [3.63, 3.8) is 0 Å². The van der Waals surface area contributed by atoms with E-state index in [1.54, 1.807) is 7.05 Å². The number of thiazole rings is 1. The fourth-order valence-corrected chi connectivity index (χ4v) is 2.37. The van der Waals surface area contributed by atoms with Crippen molar-refractivity contribution in [1.29, 1.82) is 0 Å². The minimum atomic E-state index is -0.251. The molecule has 2 aromatic rings. The number of carbonyl (C=O) groups excluding carboxylic acids is 1. The molecule has 106 valence electrons. The second kappa shape index (κ2) is 5.79. The minimum Gasteiger partial charge on any atom is -0.382 e. The lowest BCUT2D eigenvalue weighted by molar-refractivity contribution is 0.103. The third-order valence-corrected chi connectivity index (χ3v) is 3.80. The fraction of sp³-hybridized carbons (Fsp3) is 0.231. The van der Waals surface area contributed by atoms with Gasteiger partial charge in [0, 0.05) is 32.5 Å². The molecule has 2 rings (SSSR count). The lowest BCUT2D eigenvalue weighted by Crippen LogP contribution is -2.13. The first-order valence-corrected chi connectivity index (χ1v) is 6.85. The van der Waals surface area contributed by atoms with Gasteiger partial charge >= 0.3 is 0 Å². The van der Waals surface area contributed by atoms with Gasteiger partial charge in [-0.2, -0.15) is 0 Å². The quantitative estimate of drug-likeness (QED) is 0.803. The minimum absolute atomic E-state index is 0.238. The van der Waals surface area contributed by atoms with E-state index in [4.69, 9.17) is 5.73 Å². The van der Waals surface area contributed by atoms with Gasteiger partial charge in [-0.3, -0.25) is 4.79 Å². The number of nitrogens with two attached hydrogens (primary N) is 1. The van der Waals surface area contributed by atoms with Crippen molar-refractivity contribution in [2.24, 2.45) is 0 Å². The van der Waals surface area contributed by atoms with Crippen molar-refractivity contribution in [2.75, 3.05) is 42.4 Å². The molecule has 1 aromatic carbocycles. The van der Waals surface area contributed by atoms with Crippen LogP contribution in [-0.2, 0) is 0 Å². The highest BCUT2D eigenvalue weighted by Gasteiger charge is 2.15. The number of anilines is 4. The van der Waals surface area contributed by atoms with Gasteiger partial charge in [-0.1, -0.05) is 11.3 Å². The molecular weight excluding hydrogens is 274 g/mol. The summed E-state index contributed by atoms with van der Waals surface area (Å²) in [7, 11) is 5.66. The van der Waals surface area contributed by atoms with Crippen LogP contribution in [-0.4, -0.2) is 32.0 Å². The Balaban J connectivity index is 2.12. The van der Waals surface area contributed by atoms with E-state index in [-0.39, 0.29) is 11.7 Å². The highest BCUT2D eigenvalue weighted by atomic mass is 32.1. The zero-order chi connectivity index (χ0) is 14.7. The maximum absolute atomic E-state index is 12.1. The summed E-state index contributed by atoms with van der Waals surface area (Å²) in [6, 6.07) is 7.57. The number of hydrogen-bond acceptors (Lipinski definition) is 6. The zero-order valence-electron chi connectivity index (χ0n) is 11.6. The van der Waals surface area contributed by atoms with Gasteiger partial charge in [-0.25, -0.2) is 4.98 Å². The van der Waals surface area contributed by atoms with Crippen LogP contribution in [0.5, 0.6) is 0 Å². The lowest BCUT2D eigenvalue weighted by Gasteiger charge is -2.12. The molecule has 0 aliphatic rings. The maximum atomic E-state index is 12.1. The molecule has 1 aromatic heterocycles. The predicted molar refractivity (Wildman–Crippen MR) is 84.8 cm³/mol. The van der Waals surface area contributed by atoms with E-state index in [1.807, 2.05) is 43.3 Å². The summed E-state index contributed by atoms with van der Waals surface area (Å²) in [6.07, 6.45) is 0. The molecule has 4 N–H and O–H groups in total. The summed E-state index contributed by atoms with van der Waals surface area (Å²) >= 11 is 1.23. The first-order chi connectivity index (χ1) is 9.51. The monoisotopic (exact) mass is 291 g/mol. The number of hydrogen-bond donors (Lipinski definition) is 3. The van der Waals surface area contributed by atoms with Crippen LogP contribution in [0.4, 0.5) is 22.3 Å². The third-order valence-electron chi connectivity index (χ3n) is 2.72. The Morgan fingerprint density at radius 3 is 2.45 bits per heavy atom. The van der Waals surface area contributed by atoms with Crippen molar-refractivity contribution in [3.05, 3.63) is 29.1 Å². The molecule has 7 heteroatoms. The molecule has 0 atom stereocenters. The van der Waals surface area contributed by atoms with Crippen LogP contribution in [0.25, 0.3) is 0 Å². The summed E-state index contributed by atoms with van der Waals surface area (Å²) in [6.45, 7) is 0. The smallest absolute Gasteiger partial charge is 0.269 e. The molecular formula is C13H17N5OS. The standard InChI is InChI=1S/C13H17N5OS/c1-15-13-17-11(14)10(20-13)12(19)16-8-4-6-9(7-5-8)18(2)3/h4-7H,14H2,1-3H3,(H,15,17)(H,16,19). The predicted octanol–water partition coefficient (Wildman–Crippen LogP) is 2.09. The summed E-state index contributed by atoms with van der Waals surface area (Å²) in [5, 5.41) is 6.30. The van der Waals surface area contributed by atoms with Crippen LogP contribution in [0.3, 0.4) is 0 Å². The van der Waals surface area contributed by atoms with Gasteiger partial charge in [0.25, 0.3) is 5.91 Å². The number of aromatic nitrogens is 1. The number of benzene rings is 1. The lowest BCUT2D eigenvalue weighted by atomic mass is 10.2. The largest absolute Gasteiger partial charge is 0.382 e. The number of amides is 1. The first kappa shape index (κ1) is 14.1. The summed E-state index contributed by atoms with van der Waals surface area (Å²) in [4.78, 5) is 18.6. The van der Waals surface area contributed by atoms with Gasteiger partial charge in [-0.15, -0.1) is 0 Å². The Hall–Kier alpha value is -2.28. The Morgan fingerprint density at radius 1 is 1.30 bits per heavy atom. The Kier molecular flexibility index (Phi) is 4.09. The molecule has 0 aliphatic carbocycles. The van der Waals surface area contributed by atoms with Crippen LogP contribution in [0.2, 0.25) is 0 Å². The molecule has 1 amide bonds. The number of nitrogens with zero attached hydrogens (tertiary/aromatic N) is 2. The maximum Gasteiger partial charge on any atom is 0.269 e. The highest BCUT2D eigenvalue weighted by molar-refractivity contribution is 7.18. The number of nitrogens with one attached hydrogen (secondary N) is 2. The Labute approximate surface area is 121 Å². The molecule has 0 spiro atoms. The van der Waals surface area contributed by atoms with Crippen molar-refractivity contribution >= 4 is 39.6 Å². The normalized spacial score (nSPS) is 10.2. The molecule has 0 saturated heterocycles. The molecule has 0 radical (unpaired) electrons. The zero-order valence-corrected chi connectivity index (χ0v) is 12.4. The molecule has 0 bridgehead atoms. The molecule has 0 fully saturated rings. The van der Waals surface area contributed by atoms with Crippen LogP contribution >= 0.6 is 11.3 Å². The Morgan fingerprint density at radius 2 is 1.95 bits per heavy atom. The number of carbonyl (C=O) groups is 1. The van der Waals surface area contributed by atoms with Crippen LogP contribution in [0, 0.1) is 0 Å². The summed E-state index contributed by atoms with van der Waals surface area (Å²) in [5.74, 6) is -0.0131. The number of rotatable bonds is 4. The van der Waals surface area contributed by atoms with Gasteiger partial charge in [0.05, 0.1) is 0 Å². The van der Waals surface area contributed by atoms with Gasteiger partial charge in [0.15, 0.2) is 5.13 Å². The second-order valence-corrected chi connectivity index (χ2v) is 5.38. The van der Waals surface area contributed by atoms with E-state index in [1.165, 1.54) is 11.3 Å². The summed E-state index contributed by atoms with van der Waals surface area (Å²) < 4.78 is 0. The van der Waals surface area contributed by atoms with Crippen molar-refractivity contribution in [3.8, 4) is 0 Å². The van der Waals surface area contributed by atoms with E-state index < -0.39 is 0 Å². The molecule has 1 heterocycles. The van der Waals surface area contributed by atoms with E-state index >= 15 is 0 Å². The van der Waals surface area contributed by atoms with Crippen molar-refractivity contribution < 1.29 is 4.79 Å². The van der Waals surface area contributed by atoms with Crippen LogP contribution in [0.1, 0.15) is 9.67 Å². The van der Waals surface area contributed by atoms with Gasteiger partial charge in [-0.05, 0) is 24.3 Å². The highest BCUT2D eigenvalue weighted by Crippen LogP contribution is 2.25. The SMILES string of the molecule is CNc1nc(N)c(C(=O)Nc2ccc(N(C)C)cc2)s1. The molecule has 0 aliphatic heterocycles. The average molecular weight is 291 g/mol. The Bertz CT molecular complexity index is 606. The van der Waals surface area contributed by atoms with E-state index in [0.29, 0.717) is 10.0 Å². The van der Waals surface area contributed by atoms with Gasteiger partial charge in [0.1, 0.15) is 10.7 Å². The second-order valence-electron chi connectivity index (χ2n) is 4.38. The molecule has 0 unspecified atom stereocenters. The first-order valence-electron chi connectivity index (χ1n) is 6.04. The molecule has 20 heavy (non-hydrogen) atoms. The van der Waals surface area contributed by atoms with Gasteiger partial charge in [0.2, 0.25) is 0 Å². The topological polar surface area (TPSA) is 83.3 Å².